The highest BCUT2D eigenvalue weighted by atomic mass is 16.5. The highest BCUT2D eigenvalue weighted by Gasteiger charge is 2.25. The SMILES string of the molecule is CC(=O)c1ccc(OC2CCN(C(=O)c3ccc(C(=O)Nc4ccc(Oc5ccc(C#N)cc5)nc4)cn3)CC2)cc1. The predicted octanol–water partition coefficient (Wildman–Crippen LogP) is 5.28. The molecule has 2 amide bonds. The number of rotatable bonds is 8. The molecule has 42 heavy (non-hydrogen) atoms. The third-order valence-electron chi connectivity index (χ3n) is 6.74. The fourth-order valence-electron chi connectivity index (χ4n) is 4.39. The summed E-state index contributed by atoms with van der Waals surface area (Å²) in [7, 11) is 0. The highest BCUT2D eigenvalue weighted by molar-refractivity contribution is 6.04. The number of aromatic nitrogens is 2. The summed E-state index contributed by atoms with van der Waals surface area (Å²) in [6.45, 7) is 2.57. The smallest absolute Gasteiger partial charge is 0.272 e. The van der Waals surface area contributed by atoms with Gasteiger partial charge in [-0.15, -0.1) is 0 Å². The Kier molecular flexibility index (Phi) is 8.49. The molecule has 3 heterocycles. The van der Waals surface area contributed by atoms with Crippen LogP contribution in [0, 0.1) is 11.3 Å². The number of amides is 2. The van der Waals surface area contributed by atoms with E-state index in [-0.39, 0.29) is 23.5 Å². The molecule has 1 N–H and O–H groups in total. The fourth-order valence-corrected chi connectivity index (χ4v) is 4.39. The normalized spacial score (nSPS) is 13.1. The van der Waals surface area contributed by atoms with Crippen molar-refractivity contribution in [3.63, 3.8) is 0 Å². The van der Waals surface area contributed by atoms with Crippen LogP contribution in [-0.4, -0.2) is 51.7 Å². The van der Waals surface area contributed by atoms with Crippen LogP contribution in [0.3, 0.4) is 0 Å². The highest BCUT2D eigenvalue weighted by Crippen LogP contribution is 2.22. The molecule has 10 nitrogen and oxygen atoms in total. The summed E-state index contributed by atoms with van der Waals surface area (Å²) < 4.78 is 11.7. The number of hydrogen-bond donors (Lipinski definition) is 1. The molecule has 0 saturated carbocycles. The summed E-state index contributed by atoms with van der Waals surface area (Å²) >= 11 is 0. The van der Waals surface area contributed by atoms with E-state index in [0.717, 1.165) is 0 Å². The largest absolute Gasteiger partial charge is 0.490 e. The van der Waals surface area contributed by atoms with Gasteiger partial charge in [0, 0.05) is 43.8 Å². The predicted molar refractivity (Wildman–Crippen MR) is 154 cm³/mol. The van der Waals surface area contributed by atoms with Crippen molar-refractivity contribution in [1.29, 1.82) is 5.26 Å². The second-order valence-corrected chi connectivity index (χ2v) is 9.70. The van der Waals surface area contributed by atoms with Gasteiger partial charge in [-0.05, 0) is 73.7 Å². The van der Waals surface area contributed by atoms with E-state index >= 15 is 0 Å². The second kappa shape index (κ2) is 12.7. The molecule has 0 aliphatic carbocycles. The molecule has 0 radical (unpaired) electrons. The van der Waals surface area contributed by atoms with Crippen LogP contribution < -0.4 is 14.8 Å². The minimum atomic E-state index is -0.390. The van der Waals surface area contributed by atoms with Crippen molar-refractivity contribution in [3.05, 3.63) is 108 Å². The number of Topliss-reactive ketones (excluding diaryl/α,β-unsaturated/α-hetero) is 1. The van der Waals surface area contributed by atoms with Crippen molar-refractivity contribution in [2.24, 2.45) is 0 Å². The number of anilines is 1. The van der Waals surface area contributed by atoms with Gasteiger partial charge in [0.25, 0.3) is 11.8 Å². The van der Waals surface area contributed by atoms with Crippen molar-refractivity contribution in [2.45, 2.75) is 25.9 Å². The Morgan fingerprint density at radius 2 is 1.55 bits per heavy atom. The average Bonchev–Trinajstić information content (AvgIpc) is 3.03. The van der Waals surface area contributed by atoms with Crippen molar-refractivity contribution in [3.8, 4) is 23.4 Å². The number of pyridine rings is 2. The van der Waals surface area contributed by atoms with E-state index in [1.807, 2.05) is 6.07 Å². The quantitative estimate of drug-likeness (QED) is 0.287. The number of carbonyl (C=O) groups is 3. The zero-order valence-electron chi connectivity index (χ0n) is 22.8. The topological polar surface area (TPSA) is 135 Å². The monoisotopic (exact) mass is 561 g/mol. The molecule has 2 aromatic carbocycles. The Hall–Kier alpha value is -5.56. The van der Waals surface area contributed by atoms with Gasteiger partial charge in [-0.25, -0.2) is 4.98 Å². The molecule has 4 aromatic rings. The standard InChI is InChI=1S/C32H27N5O5/c1-21(38)23-4-10-26(11-5-23)41-28-14-16-37(17-15-28)32(40)29-12-6-24(19-34-29)31(39)36-25-7-13-30(35-20-25)42-27-8-2-22(18-33)3-9-27/h2-13,19-20,28H,14-17H2,1H3,(H,36,39). The fraction of sp³-hybridized carbons (Fsp3) is 0.188. The second-order valence-electron chi connectivity index (χ2n) is 9.70. The lowest BCUT2D eigenvalue weighted by molar-refractivity contribution is 0.0589. The molecule has 1 aliphatic heterocycles. The molecule has 0 spiro atoms. The summed E-state index contributed by atoms with van der Waals surface area (Å²) in [6, 6.07) is 22.1. The van der Waals surface area contributed by atoms with Crippen molar-refractivity contribution >= 4 is 23.3 Å². The number of ketones is 1. The first-order valence-electron chi connectivity index (χ1n) is 13.4. The molecule has 0 unspecified atom stereocenters. The van der Waals surface area contributed by atoms with Crippen LogP contribution in [0.5, 0.6) is 17.4 Å². The molecule has 1 aliphatic rings. The Balaban J connectivity index is 1.10. The zero-order chi connectivity index (χ0) is 29.5. The third-order valence-corrected chi connectivity index (χ3v) is 6.74. The maximum absolute atomic E-state index is 13.0. The first-order valence-corrected chi connectivity index (χ1v) is 13.4. The van der Waals surface area contributed by atoms with E-state index in [1.165, 1.54) is 19.3 Å². The van der Waals surface area contributed by atoms with Gasteiger partial charge in [0.1, 0.15) is 23.3 Å². The lowest BCUT2D eigenvalue weighted by Gasteiger charge is -2.32. The number of hydrogen-bond acceptors (Lipinski definition) is 8. The van der Waals surface area contributed by atoms with Crippen molar-refractivity contribution in [2.75, 3.05) is 18.4 Å². The number of nitrogens with zero attached hydrogens (tertiary/aromatic N) is 4. The number of likely N-dealkylation sites (tertiary alicyclic amines) is 1. The van der Waals surface area contributed by atoms with Gasteiger partial charge in [0.15, 0.2) is 5.78 Å². The first-order chi connectivity index (χ1) is 20.4. The first kappa shape index (κ1) is 28.0. The Morgan fingerprint density at radius 1 is 0.857 bits per heavy atom. The maximum Gasteiger partial charge on any atom is 0.272 e. The van der Waals surface area contributed by atoms with Gasteiger partial charge in [-0.3, -0.25) is 19.4 Å². The molecule has 1 saturated heterocycles. The molecule has 10 heteroatoms. The van der Waals surface area contributed by atoms with Gasteiger partial charge in [-0.1, -0.05) is 0 Å². The Labute approximate surface area is 242 Å². The van der Waals surface area contributed by atoms with Gasteiger partial charge >= 0.3 is 0 Å². The number of benzene rings is 2. The lowest BCUT2D eigenvalue weighted by atomic mass is 10.1. The summed E-state index contributed by atoms with van der Waals surface area (Å²) in [5.41, 5.74) is 2.19. The molecule has 210 valence electrons. The number of nitriles is 1. The van der Waals surface area contributed by atoms with Crippen LogP contribution in [0.2, 0.25) is 0 Å². The van der Waals surface area contributed by atoms with Crippen LogP contribution in [0.4, 0.5) is 5.69 Å². The van der Waals surface area contributed by atoms with Gasteiger partial charge in [0.05, 0.1) is 29.1 Å². The molecule has 1 fully saturated rings. The minimum absolute atomic E-state index is 0.00579. The Morgan fingerprint density at radius 3 is 2.14 bits per heavy atom. The number of nitrogens with one attached hydrogen (secondary N) is 1. The van der Waals surface area contributed by atoms with Crippen LogP contribution >= 0.6 is 0 Å². The molecule has 2 aromatic heterocycles. The van der Waals surface area contributed by atoms with Crippen LogP contribution in [0.1, 0.15) is 56.5 Å². The van der Waals surface area contributed by atoms with Crippen LogP contribution in [0.15, 0.2) is 85.2 Å². The van der Waals surface area contributed by atoms with Gasteiger partial charge < -0.3 is 19.7 Å². The van der Waals surface area contributed by atoms with E-state index in [4.69, 9.17) is 14.7 Å². The number of piperidine rings is 1. The van der Waals surface area contributed by atoms with Gasteiger partial charge in [-0.2, -0.15) is 5.26 Å². The van der Waals surface area contributed by atoms with E-state index < -0.39 is 5.91 Å². The van der Waals surface area contributed by atoms with Gasteiger partial charge in [0.2, 0.25) is 5.88 Å². The molecular formula is C32H27N5O5. The average molecular weight is 562 g/mol. The van der Waals surface area contributed by atoms with Crippen molar-refractivity contribution < 1.29 is 23.9 Å². The van der Waals surface area contributed by atoms with Crippen LogP contribution in [-0.2, 0) is 0 Å². The van der Waals surface area contributed by atoms with E-state index in [9.17, 15) is 14.4 Å². The van der Waals surface area contributed by atoms with Crippen molar-refractivity contribution in [1.82, 2.24) is 14.9 Å². The van der Waals surface area contributed by atoms with Crippen LogP contribution in [0.25, 0.3) is 0 Å². The maximum atomic E-state index is 13.0. The number of carbonyl (C=O) groups excluding carboxylic acids is 3. The molecule has 0 bridgehead atoms. The van der Waals surface area contributed by atoms with E-state index in [1.54, 1.807) is 77.7 Å². The molecule has 0 atom stereocenters. The number of ether oxygens (including phenoxy) is 2. The van der Waals surface area contributed by atoms with E-state index in [0.29, 0.717) is 65.7 Å². The Bertz CT molecular complexity index is 1600. The summed E-state index contributed by atoms with van der Waals surface area (Å²) in [5.74, 6) is 0.983. The summed E-state index contributed by atoms with van der Waals surface area (Å²) in [4.78, 5) is 47.3. The minimum Gasteiger partial charge on any atom is -0.490 e. The lowest BCUT2D eigenvalue weighted by Crippen LogP contribution is -2.42. The zero-order valence-corrected chi connectivity index (χ0v) is 22.8. The summed E-state index contributed by atoms with van der Waals surface area (Å²) in [5, 5.41) is 11.6. The third kappa shape index (κ3) is 6.95. The molecular weight excluding hydrogens is 534 g/mol. The molecule has 5 rings (SSSR count). The van der Waals surface area contributed by atoms with E-state index in [2.05, 4.69) is 15.3 Å². The summed E-state index contributed by atoms with van der Waals surface area (Å²) in [6.07, 6.45) is 4.16.